The lowest BCUT2D eigenvalue weighted by atomic mass is 10.2. The van der Waals surface area contributed by atoms with Crippen LogP contribution in [0.4, 0.5) is 17.1 Å². The molecule has 0 bridgehead atoms. The molecule has 330 valence electrons. The normalized spacial score (nSPS) is 19.4. The van der Waals surface area contributed by atoms with Gasteiger partial charge in [-0.3, -0.25) is 30.0 Å². The SMILES string of the molecule is CCCCN1CC(CC(=O)NO)S(=O)(=O)c2ccccc21.CCCCN1CC(CC(=O)NO)Sc2ccccc21.CCCN1CC(CC(=O)NO)S(=O)(=O)c2ccccc21. The van der Waals surface area contributed by atoms with Crippen molar-refractivity contribution < 1.29 is 46.8 Å². The first-order valence-corrected chi connectivity index (χ1v) is 24.2. The van der Waals surface area contributed by atoms with Crippen LogP contribution in [0.1, 0.15) is 72.1 Å². The van der Waals surface area contributed by atoms with Crippen LogP contribution >= 0.6 is 11.8 Å². The average molecular weight is 891 g/mol. The van der Waals surface area contributed by atoms with Gasteiger partial charge in [-0.15, -0.1) is 11.8 Å². The van der Waals surface area contributed by atoms with Crippen molar-refractivity contribution in [3.63, 3.8) is 0 Å². The van der Waals surface area contributed by atoms with Crippen LogP contribution in [0.15, 0.2) is 87.5 Å². The molecule has 3 amide bonds. The molecule has 3 aliphatic heterocycles. The number of carbonyl (C=O) groups is 3. The van der Waals surface area contributed by atoms with Crippen molar-refractivity contribution in [2.75, 3.05) is 54.0 Å². The molecule has 6 N–H and O–H groups in total. The van der Waals surface area contributed by atoms with Crippen LogP contribution in [0.2, 0.25) is 0 Å². The van der Waals surface area contributed by atoms with Crippen molar-refractivity contribution in [3.8, 4) is 0 Å². The molecule has 3 aromatic carbocycles. The lowest BCUT2D eigenvalue weighted by molar-refractivity contribution is -0.129. The van der Waals surface area contributed by atoms with E-state index < -0.39 is 42.0 Å². The van der Waals surface area contributed by atoms with Gasteiger partial charge in [0.25, 0.3) is 0 Å². The van der Waals surface area contributed by atoms with E-state index in [1.54, 1.807) is 59.7 Å². The van der Waals surface area contributed by atoms with Crippen LogP contribution in [-0.2, 0) is 34.1 Å². The largest absolute Gasteiger partial charge is 0.369 e. The Morgan fingerprint density at radius 3 is 1.42 bits per heavy atom. The monoisotopic (exact) mass is 890 g/mol. The van der Waals surface area contributed by atoms with Gasteiger partial charge in [-0.25, -0.2) is 33.3 Å². The van der Waals surface area contributed by atoms with Crippen LogP contribution in [0.25, 0.3) is 0 Å². The maximum absolute atomic E-state index is 12.6. The highest BCUT2D eigenvalue weighted by Crippen LogP contribution is 2.40. The van der Waals surface area contributed by atoms with E-state index in [0.29, 0.717) is 17.8 Å². The number of nitrogens with zero attached hydrogens (tertiary/aromatic N) is 3. The number of fused-ring (bicyclic) bond motifs is 3. The minimum absolute atomic E-state index is 0.193. The van der Waals surface area contributed by atoms with Crippen LogP contribution in [-0.4, -0.2) is 105 Å². The number of rotatable bonds is 14. The van der Waals surface area contributed by atoms with Crippen LogP contribution in [0.5, 0.6) is 0 Å². The van der Waals surface area contributed by atoms with Gasteiger partial charge < -0.3 is 14.7 Å². The molecule has 0 saturated carbocycles. The minimum atomic E-state index is -3.56. The smallest absolute Gasteiger partial charge is 0.244 e. The standard InChI is InChI=1S/C14H20N2O4S.C14H20N2O2S.C13H18N2O4S/c1-2-3-8-16-10-11(9-14(17)15-18)21(19,20)13-7-5-4-6-12(13)16;1-2-3-8-16-10-11(9-14(17)15-18)19-13-7-5-4-6-12(13)16;1-2-7-15-9-10(8-13(16)14-17)20(18,19)12-6-4-3-5-11(12)15/h4-7,11,18H,2-3,8-10H2,1H3,(H,15,17);4-7,11,18H,2-3,8-10H2,1H3,(H,15,17);3-6,10,17H,2,7-9H2,1H3,(H,14,16). The molecule has 6 rings (SSSR count). The summed E-state index contributed by atoms with van der Waals surface area (Å²) in [6, 6.07) is 22.0. The Balaban J connectivity index is 0.000000199. The summed E-state index contributed by atoms with van der Waals surface area (Å²) in [5.41, 5.74) is 7.39. The third-order valence-corrected chi connectivity index (χ3v) is 15.9. The van der Waals surface area contributed by atoms with Crippen molar-refractivity contribution in [1.82, 2.24) is 16.4 Å². The number of hydrogen-bond donors (Lipinski definition) is 6. The zero-order valence-electron chi connectivity index (χ0n) is 34.3. The Morgan fingerprint density at radius 1 is 0.567 bits per heavy atom. The summed E-state index contributed by atoms with van der Waals surface area (Å²) < 4.78 is 50.2. The highest BCUT2D eigenvalue weighted by atomic mass is 32.2. The second-order valence-corrected chi connectivity index (χ2v) is 20.5. The lowest BCUT2D eigenvalue weighted by Crippen LogP contribution is -2.45. The lowest BCUT2D eigenvalue weighted by Gasteiger charge is -2.35. The van der Waals surface area contributed by atoms with E-state index in [1.165, 1.54) is 21.5 Å². The fourth-order valence-corrected chi connectivity index (χ4v) is 12.4. The minimum Gasteiger partial charge on any atom is -0.369 e. The molecule has 3 atom stereocenters. The fraction of sp³-hybridized carbons (Fsp3) is 0.488. The first-order chi connectivity index (χ1) is 28.7. The summed E-state index contributed by atoms with van der Waals surface area (Å²) in [7, 11) is -7.11. The number of hydrogen-bond acceptors (Lipinski definition) is 14. The fourth-order valence-electron chi connectivity index (χ4n) is 7.36. The Labute approximate surface area is 357 Å². The highest BCUT2D eigenvalue weighted by Gasteiger charge is 2.39. The van der Waals surface area contributed by atoms with E-state index in [4.69, 9.17) is 15.6 Å². The van der Waals surface area contributed by atoms with E-state index in [1.807, 2.05) is 28.9 Å². The van der Waals surface area contributed by atoms with Gasteiger partial charge >= 0.3 is 0 Å². The summed E-state index contributed by atoms with van der Waals surface area (Å²) in [5, 5.41) is 24.4. The zero-order chi connectivity index (χ0) is 43.9. The van der Waals surface area contributed by atoms with E-state index >= 15 is 0 Å². The number of unbranched alkanes of at least 4 members (excludes halogenated alkanes) is 2. The van der Waals surface area contributed by atoms with Crippen LogP contribution in [0.3, 0.4) is 0 Å². The number of carbonyl (C=O) groups excluding carboxylic acids is 3. The first-order valence-electron chi connectivity index (χ1n) is 20.2. The molecule has 16 nitrogen and oxygen atoms in total. The Hall–Kier alpha value is -4.40. The summed E-state index contributed by atoms with van der Waals surface area (Å²) in [5.74, 6) is -1.68. The number of thioether (sulfide) groups is 1. The van der Waals surface area contributed by atoms with E-state index in [-0.39, 0.29) is 46.9 Å². The van der Waals surface area contributed by atoms with Gasteiger partial charge in [-0.05, 0) is 55.7 Å². The summed E-state index contributed by atoms with van der Waals surface area (Å²) in [6.07, 6.45) is 5.01. The highest BCUT2D eigenvalue weighted by molar-refractivity contribution is 8.00. The number of anilines is 3. The molecule has 19 heteroatoms. The second kappa shape index (κ2) is 23.0. The van der Waals surface area contributed by atoms with Gasteiger partial charge in [0.15, 0.2) is 19.7 Å². The zero-order valence-corrected chi connectivity index (χ0v) is 36.8. The van der Waals surface area contributed by atoms with Gasteiger partial charge in [0.05, 0.1) is 37.4 Å². The molecule has 0 aromatic heterocycles. The van der Waals surface area contributed by atoms with Crippen molar-refractivity contribution in [1.29, 1.82) is 0 Å². The topological polar surface area (TPSA) is 226 Å². The molecule has 3 aromatic rings. The maximum Gasteiger partial charge on any atom is 0.244 e. The molecule has 0 fully saturated rings. The van der Waals surface area contributed by atoms with E-state index in [2.05, 4.69) is 36.9 Å². The maximum atomic E-state index is 12.6. The molecular weight excluding hydrogens is 833 g/mol. The van der Waals surface area contributed by atoms with Crippen LogP contribution in [0, 0.1) is 0 Å². The number of sulfone groups is 2. The van der Waals surface area contributed by atoms with Gasteiger partial charge in [0, 0.05) is 68.7 Å². The third-order valence-electron chi connectivity index (χ3n) is 10.3. The number of benzene rings is 3. The van der Waals surface area contributed by atoms with Crippen molar-refractivity contribution in [3.05, 3.63) is 72.8 Å². The van der Waals surface area contributed by atoms with Crippen molar-refractivity contribution in [2.24, 2.45) is 0 Å². The summed E-state index contributed by atoms with van der Waals surface area (Å²) in [4.78, 5) is 42.1. The van der Waals surface area contributed by atoms with E-state index in [0.717, 1.165) is 58.3 Å². The number of nitrogens with one attached hydrogen (secondary N) is 3. The molecule has 0 spiro atoms. The van der Waals surface area contributed by atoms with Gasteiger partial charge in [0.2, 0.25) is 17.7 Å². The van der Waals surface area contributed by atoms with E-state index in [9.17, 15) is 31.2 Å². The second-order valence-electron chi connectivity index (χ2n) is 14.7. The van der Waals surface area contributed by atoms with Gasteiger partial charge in [0.1, 0.15) is 0 Å². The predicted octanol–water partition coefficient (Wildman–Crippen LogP) is 4.96. The Kier molecular flexibility index (Phi) is 18.5. The van der Waals surface area contributed by atoms with Gasteiger partial charge in [-0.1, -0.05) is 70.0 Å². The summed E-state index contributed by atoms with van der Waals surface area (Å²) >= 11 is 1.72. The number of amides is 3. The number of para-hydroxylation sites is 3. The first kappa shape index (κ1) is 48.3. The molecule has 0 aliphatic carbocycles. The molecule has 0 saturated heterocycles. The Morgan fingerprint density at radius 2 is 0.967 bits per heavy atom. The van der Waals surface area contributed by atoms with Crippen molar-refractivity contribution >= 4 is 66.2 Å². The number of hydroxylamine groups is 3. The molecule has 3 aliphatic rings. The quantitative estimate of drug-likeness (QED) is 0.0930. The predicted molar refractivity (Wildman–Crippen MR) is 231 cm³/mol. The van der Waals surface area contributed by atoms with Gasteiger partial charge in [-0.2, -0.15) is 0 Å². The molecule has 60 heavy (non-hydrogen) atoms. The Bertz CT molecular complexity index is 2120. The third kappa shape index (κ3) is 12.3. The molecule has 3 unspecified atom stereocenters. The van der Waals surface area contributed by atoms with Crippen molar-refractivity contribution in [2.45, 2.75) is 103 Å². The molecule has 3 heterocycles. The average Bonchev–Trinajstić information content (AvgIpc) is 3.25. The molecular formula is C41H58N6O10S3. The van der Waals surface area contributed by atoms with Crippen LogP contribution < -0.4 is 31.1 Å². The molecule has 0 radical (unpaired) electrons. The summed E-state index contributed by atoms with van der Waals surface area (Å²) in [6.45, 7) is 10.2.